The van der Waals surface area contributed by atoms with Gasteiger partial charge >= 0.3 is 0 Å². The van der Waals surface area contributed by atoms with E-state index in [0.717, 1.165) is 52.1 Å². The molecule has 7 heteroatoms. The van der Waals surface area contributed by atoms with E-state index in [4.69, 9.17) is 0 Å². The molecule has 0 unspecified atom stereocenters. The number of amides is 1. The number of rotatable bonds is 5. The molecule has 2 aliphatic rings. The van der Waals surface area contributed by atoms with Crippen molar-refractivity contribution < 1.29 is 4.79 Å². The lowest BCUT2D eigenvalue weighted by atomic mass is 9.74. The molecule has 2 atom stereocenters. The Morgan fingerprint density at radius 2 is 2.14 bits per heavy atom. The van der Waals surface area contributed by atoms with Crippen molar-refractivity contribution in [3.8, 4) is 0 Å². The first-order valence-corrected chi connectivity index (χ1v) is 11.0. The molecule has 2 aromatic heterocycles. The standard InChI is InChI=1S/C21H31N5OS/c1-23(2)20(27)21-7-5-8-25(15-19-6-4-9-28-19)13-18(21)14-26(16-21)12-17-10-22-24(3)11-17/h4,6,9-11,18H,5,7-8,12-16H2,1-3H3/t18-,21-/m1/s1. The van der Waals surface area contributed by atoms with E-state index in [1.165, 1.54) is 10.4 Å². The average molecular weight is 402 g/mol. The summed E-state index contributed by atoms with van der Waals surface area (Å²) in [4.78, 5) is 21.6. The van der Waals surface area contributed by atoms with Crippen LogP contribution >= 0.6 is 11.3 Å². The van der Waals surface area contributed by atoms with Crippen LogP contribution in [0.3, 0.4) is 0 Å². The molecule has 152 valence electrons. The lowest BCUT2D eigenvalue weighted by Gasteiger charge is -2.35. The van der Waals surface area contributed by atoms with Crippen LogP contribution in [-0.4, -0.2) is 70.7 Å². The topological polar surface area (TPSA) is 44.6 Å². The summed E-state index contributed by atoms with van der Waals surface area (Å²) in [6.45, 7) is 5.80. The van der Waals surface area contributed by atoms with E-state index < -0.39 is 0 Å². The predicted octanol–water partition coefficient (Wildman–Crippen LogP) is 2.28. The molecule has 0 saturated carbocycles. The van der Waals surface area contributed by atoms with Crippen LogP contribution in [0.2, 0.25) is 0 Å². The maximum absolute atomic E-state index is 13.3. The fourth-order valence-electron chi connectivity index (χ4n) is 5.11. The molecule has 1 amide bonds. The third-order valence-corrected chi connectivity index (χ3v) is 7.16. The number of thiophene rings is 1. The third-order valence-electron chi connectivity index (χ3n) is 6.30. The van der Waals surface area contributed by atoms with Crippen molar-refractivity contribution in [1.29, 1.82) is 0 Å². The van der Waals surface area contributed by atoms with Gasteiger partial charge < -0.3 is 4.90 Å². The van der Waals surface area contributed by atoms with Crippen LogP contribution in [0, 0.1) is 11.3 Å². The molecule has 4 rings (SSSR count). The Morgan fingerprint density at radius 3 is 2.82 bits per heavy atom. The van der Waals surface area contributed by atoms with Gasteiger partial charge in [0.25, 0.3) is 0 Å². The largest absolute Gasteiger partial charge is 0.348 e. The van der Waals surface area contributed by atoms with Crippen molar-refractivity contribution in [3.05, 3.63) is 40.3 Å². The van der Waals surface area contributed by atoms with E-state index >= 15 is 0 Å². The van der Waals surface area contributed by atoms with E-state index in [9.17, 15) is 4.79 Å². The second kappa shape index (κ2) is 7.97. The molecule has 0 N–H and O–H groups in total. The van der Waals surface area contributed by atoms with Crippen LogP contribution in [0.25, 0.3) is 0 Å². The summed E-state index contributed by atoms with van der Waals surface area (Å²) in [5.41, 5.74) is 0.970. The number of carbonyl (C=O) groups excluding carboxylic acids is 1. The smallest absolute Gasteiger partial charge is 0.229 e. The highest BCUT2D eigenvalue weighted by Crippen LogP contribution is 2.44. The molecule has 6 nitrogen and oxygen atoms in total. The van der Waals surface area contributed by atoms with Crippen molar-refractivity contribution in [3.63, 3.8) is 0 Å². The van der Waals surface area contributed by atoms with Crippen LogP contribution in [-0.2, 0) is 24.9 Å². The van der Waals surface area contributed by atoms with Crippen molar-refractivity contribution in [2.24, 2.45) is 18.4 Å². The summed E-state index contributed by atoms with van der Waals surface area (Å²) >= 11 is 1.83. The second-order valence-electron chi connectivity index (χ2n) is 8.66. The maximum Gasteiger partial charge on any atom is 0.229 e. The number of nitrogens with zero attached hydrogens (tertiary/aromatic N) is 5. The zero-order valence-corrected chi connectivity index (χ0v) is 18.0. The molecule has 0 radical (unpaired) electrons. The lowest BCUT2D eigenvalue weighted by Crippen LogP contribution is -2.47. The highest BCUT2D eigenvalue weighted by molar-refractivity contribution is 7.09. The molecule has 0 spiro atoms. The third kappa shape index (κ3) is 3.88. The molecular weight excluding hydrogens is 370 g/mol. The summed E-state index contributed by atoms with van der Waals surface area (Å²) in [6, 6.07) is 4.35. The number of aromatic nitrogens is 2. The monoisotopic (exact) mass is 401 g/mol. The molecule has 28 heavy (non-hydrogen) atoms. The van der Waals surface area contributed by atoms with Crippen LogP contribution in [0.4, 0.5) is 0 Å². The van der Waals surface area contributed by atoms with E-state index in [-0.39, 0.29) is 5.41 Å². The first kappa shape index (κ1) is 19.6. The van der Waals surface area contributed by atoms with Gasteiger partial charge in [-0.3, -0.25) is 19.3 Å². The minimum absolute atomic E-state index is 0.254. The van der Waals surface area contributed by atoms with E-state index in [1.807, 2.05) is 48.3 Å². The first-order valence-electron chi connectivity index (χ1n) is 10.1. The van der Waals surface area contributed by atoms with Crippen molar-refractivity contribution in [1.82, 2.24) is 24.5 Å². The van der Waals surface area contributed by atoms with Crippen LogP contribution < -0.4 is 0 Å². The minimum Gasteiger partial charge on any atom is -0.348 e. The fraction of sp³-hybridized carbons (Fsp3) is 0.619. The molecule has 0 bridgehead atoms. The van der Waals surface area contributed by atoms with Gasteiger partial charge in [-0.1, -0.05) is 6.07 Å². The van der Waals surface area contributed by atoms with Crippen LogP contribution in [0.1, 0.15) is 23.3 Å². The predicted molar refractivity (Wildman–Crippen MR) is 112 cm³/mol. The van der Waals surface area contributed by atoms with Gasteiger partial charge in [-0.2, -0.15) is 5.10 Å². The van der Waals surface area contributed by atoms with Crippen LogP contribution in [0.5, 0.6) is 0 Å². The number of carbonyl (C=O) groups is 1. The van der Waals surface area contributed by atoms with Gasteiger partial charge in [-0.05, 0) is 36.8 Å². The number of hydrogen-bond acceptors (Lipinski definition) is 5. The number of hydrogen-bond donors (Lipinski definition) is 0. The first-order chi connectivity index (χ1) is 13.5. The lowest BCUT2D eigenvalue weighted by molar-refractivity contribution is -0.141. The Bertz CT molecular complexity index is 802. The zero-order valence-electron chi connectivity index (χ0n) is 17.2. The zero-order chi connectivity index (χ0) is 19.7. The number of aryl methyl sites for hydroxylation is 1. The molecule has 0 aliphatic carbocycles. The van der Waals surface area contributed by atoms with Gasteiger partial charge in [0.1, 0.15) is 0 Å². The Kier molecular flexibility index (Phi) is 5.58. The fourth-order valence-corrected chi connectivity index (χ4v) is 5.86. The highest BCUT2D eigenvalue weighted by Gasteiger charge is 2.53. The molecular formula is C21H31N5OS. The van der Waals surface area contributed by atoms with E-state index in [1.54, 1.807) is 0 Å². The summed E-state index contributed by atoms with van der Waals surface area (Å²) < 4.78 is 1.85. The van der Waals surface area contributed by atoms with E-state index in [0.29, 0.717) is 11.8 Å². The SMILES string of the molecule is CN(C)C(=O)[C@@]12CCCN(Cc3cccs3)C[C@@H]1CN(Cc1cnn(C)c1)C2. The maximum atomic E-state index is 13.3. The Hall–Kier alpha value is -1.70. The minimum atomic E-state index is -0.254. The van der Waals surface area contributed by atoms with Gasteiger partial charge in [-0.15, -0.1) is 11.3 Å². The van der Waals surface area contributed by atoms with Gasteiger partial charge in [-0.25, -0.2) is 0 Å². The van der Waals surface area contributed by atoms with E-state index in [2.05, 4.69) is 38.6 Å². The molecule has 2 aliphatic heterocycles. The normalized spacial score (nSPS) is 26.2. The van der Waals surface area contributed by atoms with Crippen molar-refractivity contribution in [2.45, 2.75) is 25.9 Å². The quantitative estimate of drug-likeness (QED) is 0.771. The highest BCUT2D eigenvalue weighted by atomic mass is 32.1. The summed E-state index contributed by atoms with van der Waals surface area (Å²) in [7, 11) is 5.77. The van der Waals surface area contributed by atoms with Gasteiger partial charge in [0.2, 0.25) is 5.91 Å². The summed E-state index contributed by atoms with van der Waals surface area (Å²) in [6.07, 6.45) is 6.09. The number of likely N-dealkylation sites (tertiary alicyclic amines) is 2. The average Bonchev–Trinajstić information content (AvgIpc) is 3.35. The van der Waals surface area contributed by atoms with Gasteiger partial charge in [0.15, 0.2) is 0 Å². The van der Waals surface area contributed by atoms with Gasteiger partial charge in [0, 0.05) is 70.5 Å². The Morgan fingerprint density at radius 1 is 1.32 bits per heavy atom. The Balaban J connectivity index is 1.54. The summed E-state index contributed by atoms with van der Waals surface area (Å²) in [5, 5.41) is 6.46. The molecule has 0 aromatic carbocycles. The van der Waals surface area contributed by atoms with Crippen molar-refractivity contribution >= 4 is 17.2 Å². The second-order valence-corrected chi connectivity index (χ2v) is 9.69. The number of fused-ring (bicyclic) bond motifs is 1. The Labute approximate surface area is 171 Å². The molecule has 4 heterocycles. The molecule has 2 saturated heterocycles. The molecule has 2 aromatic rings. The summed E-state index contributed by atoms with van der Waals surface area (Å²) in [5.74, 6) is 0.686. The molecule has 2 fully saturated rings. The van der Waals surface area contributed by atoms with Gasteiger partial charge in [0.05, 0.1) is 11.6 Å². The van der Waals surface area contributed by atoms with Crippen LogP contribution in [0.15, 0.2) is 29.9 Å². The van der Waals surface area contributed by atoms with Crippen molar-refractivity contribution in [2.75, 3.05) is 40.3 Å².